The summed E-state index contributed by atoms with van der Waals surface area (Å²) < 4.78 is 79.4. The highest BCUT2D eigenvalue weighted by atomic mass is 35.5. The van der Waals surface area contributed by atoms with Gasteiger partial charge in [-0.15, -0.1) is 0 Å². The van der Waals surface area contributed by atoms with E-state index in [1.807, 2.05) is 13.0 Å². The molecule has 3 atom stereocenters. The van der Waals surface area contributed by atoms with Crippen molar-refractivity contribution in [3.8, 4) is 11.8 Å². The Hall–Kier alpha value is -6.02. The molecule has 15 nitrogen and oxygen atoms in total. The number of hydrogen-bond donors (Lipinski definition) is 4. The van der Waals surface area contributed by atoms with Gasteiger partial charge >= 0.3 is 18.3 Å². The van der Waals surface area contributed by atoms with Gasteiger partial charge in [-0.25, -0.2) is 4.79 Å². The van der Waals surface area contributed by atoms with E-state index < -0.39 is 52.8 Å². The molecule has 4 N–H and O–H groups in total. The van der Waals surface area contributed by atoms with Crippen LogP contribution >= 0.6 is 23.8 Å². The molecule has 3 heterocycles. The maximum absolute atomic E-state index is 13.8. The summed E-state index contributed by atoms with van der Waals surface area (Å²) >= 11 is 12.1. The Labute approximate surface area is 391 Å². The lowest BCUT2D eigenvalue weighted by atomic mass is 10.0. The molecule has 3 saturated heterocycles. The number of piperidine rings is 1. The average molecular weight is 981 g/mol. The van der Waals surface area contributed by atoms with E-state index in [-0.39, 0.29) is 47.7 Å². The van der Waals surface area contributed by atoms with Crippen LogP contribution < -0.4 is 30.5 Å². The number of hydrogen-bond acceptors (Lipinski definition) is 11. The van der Waals surface area contributed by atoms with Crippen molar-refractivity contribution in [2.24, 2.45) is 0 Å². The van der Waals surface area contributed by atoms with E-state index in [0.29, 0.717) is 66.9 Å². The van der Waals surface area contributed by atoms with Crippen molar-refractivity contribution in [3.63, 3.8) is 0 Å². The zero-order valence-corrected chi connectivity index (χ0v) is 38.3. The summed E-state index contributed by atoms with van der Waals surface area (Å²) in [6, 6.07) is 14.7. The Morgan fingerprint density at radius 3 is 2.21 bits per heavy atom. The number of alkyl halides is 6. The smallest absolute Gasteiger partial charge is 0.490 e. The SMILES string of the molecule is CCc1cc(N2C(=S)N(c3ccc(C#N)c(C(F)(F)F)c3)C(=O)C2(C)C)ccc1OCCN1C[C@@H](C)N(CC(=O)Nc2cc(Cl)cc(NC3CCC(=O)NC3=O)c2)C[C@H]1C.O=C(O)C(F)(F)F. The lowest BCUT2D eigenvalue weighted by Crippen LogP contribution is -2.58. The van der Waals surface area contributed by atoms with E-state index in [0.717, 1.165) is 22.6 Å². The second kappa shape index (κ2) is 20.9. The lowest BCUT2D eigenvalue weighted by molar-refractivity contribution is -0.192. The molecular weight excluding hydrogens is 934 g/mol. The van der Waals surface area contributed by atoms with E-state index in [2.05, 4.69) is 39.6 Å². The molecule has 3 aliphatic heterocycles. The molecule has 67 heavy (non-hydrogen) atoms. The molecule has 4 amide bonds. The highest BCUT2D eigenvalue weighted by molar-refractivity contribution is 7.81. The third kappa shape index (κ3) is 12.5. The number of nitriles is 1. The van der Waals surface area contributed by atoms with Gasteiger partial charge in [-0.3, -0.25) is 39.2 Å². The Bertz CT molecular complexity index is 2470. The molecular formula is C44H47ClF6N8O7S. The molecule has 0 aromatic heterocycles. The van der Waals surface area contributed by atoms with Crippen molar-refractivity contribution < 1.29 is 60.2 Å². The first-order chi connectivity index (χ1) is 31.2. The maximum Gasteiger partial charge on any atom is 0.490 e. The molecule has 360 valence electrons. The number of imide groups is 1. The molecule has 0 spiro atoms. The molecule has 3 aliphatic rings. The first kappa shape index (κ1) is 52.0. The monoisotopic (exact) mass is 980 g/mol. The van der Waals surface area contributed by atoms with Gasteiger partial charge in [0.15, 0.2) is 5.11 Å². The van der Waals surface area contributed by atoms with Gasteiger partial charge < -0.3 is 25.4 Å². The molecule has 3 fully saturated rings. The van der Waals surface area contributed by atoms with Gasteiger partial charge in [0.1, 0.15) is 23.9 Å². The topological polar surface area (TPSA) is 188 Å². The minimum atomic E-state index is -5.08. The van der Waals surface area contributed by atoms with Crippen molar-refractivity contribution in [1.29, 1.82) is 5.26 Å². The molecule has 3 aromatic rings. The number of benzene rings is 3. The summed E-state index contributed by atoms with van der Waals surface area (Å²) in [5.74, 6) is -3.55. The summed E-state index contributed by atoms with van der Waals surface area (Å²) in [7, 11) is 0. The quantitative estimate of drug-likeness (QED) is 0.0829. The van der Waals surface area contributed by atoms with Crippen molar-refractivity contribution >= 4 is 81.3 Å². The van der Waals surface area contributed by atoms with Crippen LogP contribution in [0.5, 0.6) is 5.75 Å². The predicted octanol–water partition coefficient (Wildman–Crippen LogP) is 6.97. The van der Waals surface area contributed by atoms with E-state index in [1.165, 1.54) is 6.07 Å². The van der Waals surface area contributed by atoms with Gasteiger partial charge in [0.25, 0.3) is 5.91 Å². The van der Waals surface area contributed by atoms with Crippen molar-refractivity contribution in [3.05, 3.63) is 76.3 Å². The first-order valence-electron chi connectivity index (χ1n) is 20.8. The second-order valence-electron chi connectivity index (χ2n) is 16.5. The summed E-state index contributed by atoms with van der Waals surface area (Å²) in [4.78, 5) is 66.7. The average Bonchev–Trinajstić information content (AvgIpc) is 3.41. The number of nitrogens with one attached hydrogen (secondary N) is 3. The summed E-state index contributed by atoms with van der Waals surface area (Å²) in [5, 5.41) is 25.1. The van der Waals surface area contributed by atoms with Crippen LogP contribution in [0.3, 0.4) is 0 Å². The number of halogens is 7. The number of carboxylic acid groups (broad SMARTS) is 1. The molecule has 0 saturated carbocycles. The normalized spacial score (nSPS) is 20.1. The Balaban J connectivity index is 0.00000111. The van der Waals surface area contributed by atoms with Gasteiger partial charge in [-0.05, 0) is 113 Å². The number of aryl methyl sites for hydroxylation is 1. The number of carbonyl (C=O) groups is 5. The lowest BCUT2D eigenvalue weighted by Gasteiger charge is -2.43. The summed E-state index contributed by atoms with van der Waals surface area (Å²) in [5.41, 5.74) is -0.554. The number of rotatable bonds is 12. The number of ether oxygens (including phenoxy) is 1. The summed E-state index contributed by atoms with van der Waals surface area (Å²) in [6.07, 6.45) is -8.72. The molecule has 23 heteroatoms. The molecule has 0 radical (unpaired) electrons. The van der Waals surface area contributed by atoms with Gasteiger partial charge in [0.2, 0.25) is 17.7 Å². The van der Waals surface area contributed by atoms with Crippen molar-refractivity contribution in [2.45, 2.75) is 89.9 Å². The molecule has 3 aromatic carbocycles. The van der Waals surface area contributed by atoms with Crippen LogP contribution in [0.25, 0.3) is 0 Å². The number of anilines is 4. The zero-order chi connectivity index (χ0) is 49.8. The number of carboxylic acids is 1. The number of aliphatic carboxylic acids is 1. The van der Waals surface area contributed by atoms with Crippen LogP contribution in [-0.4, -0.2) is 112 Å². The number of piperazine rings is 1. The standard InChI is InChI=1S/C42H46ClF3N8O5S.C2HF3O2/c1-6-26-15-32(54-40(60)53(39(58)41(54,4)5)31-8-7-27(20-47)33(19-31)42(44,45)46)9-11-35(26)59-14-13-51-21-25(3)52(22-24(51)2)23-37(56)49-30-17-28(43)16-29(18-30)48-34-10-12-36(55)50-38(34)57;3-2(4,5)1(6)7/h7-9,11,15-19,24-25,34,48H,6,10,12-14,21-23H2,1-5H3,(H,49,56)(H,50,55,57);(H,6,7)/t24-,25-,34?;/m1./s1. The largest absolute Gasteiger partial charge is 0.492 e. The minimum absolute atomic E-state index is 0.0104. The molecule has 0 bridgehead atoms. The van der Waals surface area contributed by atoms with Crippen LogP contribution in [-0.2, 0) is 36.6 Å². The fourth-order valence-corrected chi connectivity index (χ4v) is 8.58. The van der Waals surface area contributed by atoms with Crippen molar-refractivity contribution in [1.82, 2.24) is 15.1 Å². The summed E-state index contributed by atoms with van der Waals surface area (Å²) in [6.45, 7) is 11.9. The van der Waals surface area contributed by atoms with E-state index in [4.69, 9.17) is 38.5 Å². The third-order valence-electron chi connectivity index (χ3n) is 11.3. The second-order valence-corrected chi connectivity index (χ2v) is 17.3. The molecule has 0 aliphatic carbocycles. The van der Waals surface area contributed by atoms with Crippen LogP contribution in [0.15, 0.2) is 54.6 Å². The van der Waals surface area contributed by atoms with Crippen LogP contribution in [0.4, 0.5) is 49.1 Å². The zero-order valence-electron chi connectivity index (χ0n) is 36.8. The Morgan fingerprint density at radius 1 is 0.970 bits per heavy atom. The fourth-order valence-electron chi connectivity index (χ4n) is 7.82. The van der Waals surface area contributed by atoms with Gasteiger partial charge in [-0.2, -0.15) is 31.6 Å². The Kier molecular flexibility index (Phi) is 16.2. The van der Waals surface area contributed by atoms with Crippen LogP contribution in [0.1, 0.15) is 64.2 Å². The van der Waals surface area contributed by atoms with E-state index in [9.17, 15) is 50.8 Å². The van der Waals surface area contributed by atoms with Gasteiger partial charge in [0.05, 0.1) is 29.4 Å². The highest BCUT2D eigenvalue weighted by Gasteiger charge is 2.51. The maximum atomic E-state index is 13.8. The van der Waals surface area contributed by atoms with E-state index >= 15 is 0 Å². The molecule has 1 unspecified atom stereocenters. The van der Waals surface area contributed by atoms with Crippen LogP contribution in [0.2, 0.25) is 5.02 Å². The number of carbonyl (C=O) groups excluding carboxylic acids is 4. The number of thiocarbonyl (C=S) groups is 1. The third-order valence-corrected chi connectivity index (χ3v) is 11.9. The van der Waals surface area contributed by atoms with Crippen molar-refractivity contribution in [2.75, 3.05) is 53.2 Å². The van der Waals surface area contributed by atoms with Gasteiger partial charge in [-0.1, -0.05) is 18.5 Å². The first-order valence-corrected chi connectivity index (χ1v) is 21.6. The van der Waals surface area contributed by atoms with E-state index in [1.54, 1.807) is 55.1 Å². The van der Waals surface area contributed by atoms with Gasteiger partial charge in [0, 0.05) is 60.2 Å². The minimum Gasteiger partial charge on any atom is -0.492 e. The fraction of sp³-hybridized carbons (Fsp3) is 0.432. The Morgan fingerprint density at radius 2 is 1.60 bits per heavy atom. The number of nitrogens with zero attached hydrogens (tertiary/aromatic N) is 5. The van der Waals surface area contributed by atoms with Crippen LogP contribution in [0, 0.1) is 11.3 Å². The highest BCUT2D eigenvalue weighted by Crippen LogP contribution is 2.41. The number of amides is 4. The predicted molar refractivity (Wildman–Crippen MR) is 240 cm³/mol. The molecule has 6 rings (SSSR count).